The van der Waals surface area contributed by atoms with Crippen LogP contribution in [0, 0.1) is 0 Å². The normalized spacial score (nSPS) is 12.0. The van der Waals surface area contributed by atoms with Gasteiger partial charge in [-0.2, -0.15) is 0 Å². The predicted octanol–water partition coefficient (Wildman–Crippen LogP) is 2.49. The van der Waals surface area contributed by atoms with Crippen LogP contribution in [0.2, 0.25) is 0 Å². The summed E-state index contributed by atoms with van der Waals surface area (Å²) in [6.45, 7) is 2.31. The number of hydrogen-bond donors (Lipinski definition) is 0. The maximum absolute atomic E-state index is 11.1. The molecule has 0 aliphatic rings. The number of ether oxygens (including phenoxy) is 3. The zero-order valence-electron chi connectivity index (χ0n) is 10.0. The zero-order valence-corrected chi connectivity index (χ0v) is 10.8. The highest BCUT2D eigenvalue weighted by atomic mass is 35.5. The molecule has 0 aromatic heterocycles. The largest absolute Gasteiger partial charge is 0.493 e. The van der Waals surface area contributed by atoms with Crippen molar-refractivity contribution in [3.63, 3.8) is 0 Å². The molecule has 1 rings (SSSR count). The fourth-order valence-corrected chi connectivity index (χ4v) is 1.49. The van der Waals surface area contributed by atoms with Gasteiger partial charge in [0.15, 0.2) is 11.5 Å². The van der Waals surface area contributed by atoms with Crippen molar-refractivity contribution in [1.29, 1.82) is 0 Å². The average molecular weight is 259 g/mol. The van der Waals surface area contributed by atoms with Crippen LogP contribution in [-0.4, -0.2) is 32.2 Å². The number of carbonyl (C=O) groups excluding carboxylic acids is 1. The van der Waals surface area contributed by atoms with Crippen molar-refractivity contribution in [3.05, 3.63) is 23.8 Å². The summed E-state index contributed by atoms with van der Waals surface area (Å²) in [5.41, 5.74) is 0.368. The summed E-state index contributed by atoms with van der Waals surface area (Å²) < 4.78 is 15.7. The SMILES string of the molecule is COCC(C)Oc1cc(C(=O)Cl)ccc1OC. The van der Waals surface area contributed by atoms with Crippen LogP contribution in [0.15, 0.2) is 18.2 Å². The molecular formula is C12H15ClO4. The molecule has 0 amide bonds. The molecule has 1 aromatic carbocycles. The molecule has 1 atom stereocenters. The van der Waals surface area contributed by atoms with E-state index < -0.39 is 5.24 Å². The third kappa shape index (κ3) is 3.91. The predicted molar refractivity (Wildman–Crippen MR) is 65.1 cm³/mol. The summed E-state index contributed by atoms with van der Waals surface area (Å²) in [6.07, 6.45) is -0.144. The van der Waals surface area contributed by atoms with Gasteiger partial charge < -0.3 is 14.2 Å². The van der Waals surface area contributed by atoms with Gasteiger partial charge in [-0.05, 0) is 36.7 Å². The van der Waals surface area contributed by atoms with Crippen molar-refractivity contribution in [2.75, 3.05) is 20.8 Å². The fraction of sp³-hybridized carbons (Fsp3) is 0.417. The van der Waals surface area contributed by atoms with Gasteiger partial charge in [-0.25, -0.2) is 0 Å². The molecular weight excluding hydrogens is 244 g/mol. The molecule has 0 radical (unpaired) electrons. The van der Waals surface area contributed by atoms with E-state index in [9.17, 15) is 4.79 Å². The number of methoxy groups -OCH3 is 2. The summed E-state index contributed by atoms with van der Waals surface area (Å²) >= 11 is 5.41. The molecule has 0 aliphatic carbocycles. The van der Waals surface area contributed by atoms with Crippen molar-refractivity contribution in [2.45, 2.75) is 13.0 Å². The molecule has 0 heterocycles. The number of rotatable bonds is 6. The Labute approximate surface area is 105 Å². The van der Waals surface area contributed by atoms with E-state index in [0.29, 0.717) is 23.7 Å². The first-order chi connectivity index (χ1) is 8.08. The molecule has 1 unspecified atom stereocenters. The summed E-state index contributed by atoms with van der Waals surface area (Å²) in [7, 11) is 3.13. The molecule has 94 valence electrons. The highest BCUT2D eigenvalue weighted by Crippen LogP contribution is 2.29. The highest BCUT2D eigenvalue weighted by molar-refractivity contribution is 6.67. The van der Waals surface area contributed by atoms with Gasteiger partial charge in [0.2, 0.25) is 0 Å². The van der Waals surface area contributed by atoms with Gasteiger partial charge in [0.25, 0.3) is 5.24 Å². The van der Waals surface area contributed by atoms with E-state index in [1.54, 1.807) is 25.3 Å². The first kappa shape index (κ1) is 13.8. The average Bonchev–Trinajstić information content (AvgIpc) is 2.29. The monoisotopic (exact) mass is 258 g/mol. The van der Waals surface area contributed by atoms with Gasteiger partial charge in [0, 0.05) is 12.7 Å². The second kappa shape index (κ2) is 6.47. The molecule has 1 aromatic rings. The van der Waals surface area contributed by atoms with Crippen molar-refractivity contribution < 1.29 is 19.0 Å². The van der Waals surface area contributed by atoms with Gasteiger partial charge in [0.1, 0.15) is 6.10 Å². The van der Waals surface area contributed by atoms with Crippen LogP contribution < -0.4 is 9.47 Å². The van der Waals surface area contributed by atoms with Crippen molar-refractivity contribution in [2.24, 2.45) is 0 Å². The van der Waals surface area contributed by atoms with E-state index in [-0.39, 0.29) is 6.10 Å². The Balaban J connectivity index is 2.93. The molecule has 0 saturated carbocycles. The molecule has 0 aliphatic heterocycles. The van der Waals surface area contributed by atoms with Gasteiger partial charge in [-0.1, -0.05) is 0 Å². The van der Waals surface area contributed by atoms with Gasteiger partial charge >= 0.3 is 0 Å². The van der Waals surface area contributed by atoms with E-state index in [2.05, 4.69) is 0 Å². The minimum Gasteiger partial charge on any atom is -0.493 e. The molecule has 4 nitrogen and oxygen atoms in total. The molecule has 0 spiro atoms. The lowest BCUT2D eigenvalue weighted by Gasteiger charge is -2.16. The van der Waals surface area contributed by atoms with Gasteiger partial charge in [-0.3, -0.25) is 4.79 Å². The number of halogens is 1. The van der Waals surface area contributed by atoms with Crippen LogP contribution in [0.3, 0.4) is 0 Å². The van der Waals surface area contributed by atoms with E-state index >= 15 is 0 Å². The quantitative estimate of drug-likeness (QED) is 0.736. The summed E-state index contributed by atoms with van der Waals surface area (Å²) in [6, 6.07) is 4.78. The van der Waals surface area contributed by atoms with E-state index in [1.165, 1.54) is 7.11 Å². The van der Waals surface area contributed by atoms with Crippen LogP contribution >= 0.6 is 11.6 Å². The van der Waals surface area contributed by atoms with Crippen LogP contribution in [0.25, 0.3) is 0 Å². The Morgan fingerprint density at radius 1 is 1.35 bits per heavy atom. The second-order valence-corrected chi connectivity index (χ2v) is 3.87. The van der Waals surface area contributed by atoms with Crippen molar-refractivity contribution in [3.8, 4) is 11.5 Å². The lowest BCUT2D eigenvalue weighted by atomic mass is 10.2. The number of carbonyl (C=O) groups is 1. The molecule has 0 N–H and O–H groups in total. The third-order valence-electron chi connectivity index (χ3n) is 2.12. The standard InChI is InChI=1S/C12H15ClO4/c1-8(7-15-2)17-11-6-9(12(13)14)4-5-10(11)16-3/h4-6,8H,7H2,1-3H3. The van der Waals surface area contributed by atoms with Gasteiger partial charge in [-0.15, -0.1) is 0 Å². The topological polar surface area (TPSA) is 44.8 Å². The minimum atomic E-state index is -0.531. The fourth-order valence-electron chi connectivity index (χ4n) is 1.38. The molecule has 0 fully saturated rings. The maximum Gasteiger partial charge on any atom is 0.252 e. The minimum absolute atomic E-state index is 0.144. The summed E-state index contributed by atoms with van der Waals surface area (Å²) in [4.78, 5) is 11.1. The van der Waals surface area contributed by atoms with Crippen LogP contribution in [0.1, 0.15) is 17.3 Å². The zero-order chi connectivity index (χ0) is 12.8. The Kier molecular flexibility index (Phi) is 5.25. The third-order valence-corrected chi connectivity index (χ3v) is 2.34. The van der Waals surface area contributed by atoms with Crippen molar-refractivity contribution >= 4 is 16.8 Å². The molecule has 0 saturated heterocycles. The maximum atomic E-state index is 11.1. The van der Waals surface area contributed by atoms with E-state index in [0.717, 1.165) is 0 Å². The summed E-state index contributed by atoms with van der Waals surface area (Å²) in [5.74, 6) is 1.03. The van der Waals surface area contributed by atoms with E-state index in [4.69, 9.17) is 25.8 Å². The first-order valence-corrected chi connectivity index (χ1v) is 5.49. The smallest absolute Gasteiger partial charge is 0.252 e. The Hall–Kier alpha value is -1.26. The number of hydrogen-bond acceptors (Lipinski definition) is 4. The first-order valence-electron chi connectivity index (χ1n) is 5.12. The van der Waals surface area contributed by atoms with E-state index in [1.807, 2.05) is 6.92 Å². The summed E-state index contributed by atoms with van der Waals surface area (Å²) in [5, 5.41) is -0.531. The lowest BCUT2D eigenvalue weighted by Crippen LogP contribution is -2.18. The Morgan fingerprint density at radius 3 is 2.59 bits per heavy atom. The Bertz CT molecular complexity index is 392. The molecule has 0 bridgehead atoms. The van der Waals surface area contributed by atoms with Crippen LogP contribution in [0.5, 0.6) is 11.5 Å². The van der Waals surface area contributed by atoms with Crippen molar-refractivity contribution in [1.82, 2.24) is 0 Å². The highest BCUT2D eigenvalue weighted by Gasteiger charge is 2.12. The van der Waals surface area contributed by atoms with Crippen LogP contribution in [-0.2, 0) is 4.74 Å². The second-order valence-electron chi connectivity index (χ2n) is 3.52. The molecule has 17 heavy (non-hydrogen) atoms. The Morgan fingerprint density at radius 2 is 2.06 bits per heavy atom. The molecule has 5 heteroatoms. The van der Waals surface area contributed by atoms with Crippen LogP contribution in [0.4, 0.5) is 0 Å². The van der Waals surface area contributed by atoms with Gasteiger partial charge in [0.05, 0.1) is 13.7 Å². The number of benzene rings is 1. The lowest BCUT2D eigenvalue weighted by molar-refractivity contribution is 0.0898.